The van der Waals surface area contributed by atoms with E-state index in [9.17, 15) is 4.79 Å². The van der Waals surface area contributed by atoms with Gasteiger partial charge in [0.2, 0.25) is 0 Å². The predicted octanol–water partition coefficient (Wildman–Crippen LogP) is 2.87. The highest BCUT2D eigenvalue weighted by Gasteiger charge is 2.18. The summed E-state index contributed by atoms with van der Waals surface area (Å²) < 4.78 is 1.52. The minimum Gasteiger partial charge on any atom is -0.384 e. The zero-order chi connectivity index (χ0) is 18.1. The first kappa shape index (κ1) is 17.7. The van der Waals surface area contributed by atoms with E-state index in [1.165, 1.54) is 4.57 Å². The van der Waals surface area contributed by atoms with Gasteiger partial charge < -0.3 is 11.5 Å². The monoisotopic (exact) mass is 377 g/mol. The molecule has 6 nitrogen and oxygen atoms in total. The molecule has 0 saturated carbocycles. The average Bonchev–Trinajstić information content (AvgIpc) is 2.57. The van der Waals surface area contributed by atoms with Gasteiger partial charge in [-0.15, -0.1) is 0 Å². The number of fused-ring (bicyclic) bond motifs is 1. The lowest BCUT2D eigenvalue weighted by molar-refractivity contribution is 0.739. The van der Waals surface area contributed by atoms with Crippen LogP contribution in [0, 0.1) is 6.92 Å². The van der Waals surface area contributed by atoms with Crippen molar-refractivity contribution in [3.05, 3.63) is 56.2 Å². The number of rotatable bonds is 4. The molecule has 0 aliphatic rings. The third-order valence-electron chi connectivity index (χ3n) is 3.94. The van der Waals surface area contributed by atoms with Crippen molar-refractivity contribution in [3.63, 3.8) is 0 Å². The van der Waals surface area contributed by atoms with E-state index < -0.39 is 0 Å². The van der Waals surface area contributed by atoms with Crippen molar-refractivity contribution in [1.29, 1.82) is 0 Å². The van der Waals surface area contributed by atoms with Crippen LogP contribution in [0.25, 0.3) is 16.6 Å². The molecular weight excluding hydrogens is 361 g/mol. The molecule has 0 aliphatic carbocycles. The van der Waals surface area contributed by atoms with Gasteiger partial charge in [-0.3, -0.25) is 9.36 Å². The van der Waals surface area contributed by atoms with Gasteiger partial charge in [0.1, 0.15) is 11.6 Å². The van der Waals surface area contributed by atoms with E-state index >= 15 is 0 Å². The average molecular weight is 378 g/mol. The number of hydrogen-bond acceptors (Lipinski definition) is 5. The summed E-state index contributed by atoms with van der Waals surface area (Å²) in [4.78, 5) is 21.9. The molecule has 0 fully saturated rings. The van der Waals surface area contributed by atoms with Crippen LogP contribution in [0.5, 0.6) is 0 Å². The molecule has 8 heteroatoms. The molecule has 3 aromatic rings. The van der Waals surface area contributed by atoms with E-state index in [4.69, 9.17) is 34.7 Å². The third-order valence-corrected chi connectivity index (χ3v) is 4.56. The summed E-state index contributed by atoms with van der Waals surface area (Å²) in [5.74, 6) is 0.939. The molecule has 1 aromatic carbocycles. The Morgan fingerprint density at radius 2 is 1.96 bits per heavy atom. The molecule has 3 rings (SSSR count). The van der Waals surface area contributed by atoms with Crippen molar-refractivity contribution in [1.82, 2.24) is 14.5 Å². The summed E-state index contributed by atoms with van der Waals surface area (Å²) in [5, 5.41) is 0.962. The van der Waals surface area contributed by atoms with Crippen LogP contribution in [0.3, 0.4) is 0 Å². The molecule has 25 heavy (non-hydrogen) atoms. The first-order valence-electron chi connectivity index (χ1n) is 7.76. The van der Waals surface area contributed by atoms with Crippen LogP contribution in [0.15, 0.2) is 29.2 Å². The number of benzene rings is 1. The third kappa shape index (κ3) is 3.20. The second kappa shape index (κ2) is 7.00. The van der Waals surface area contributed by atoms with Gasteiger partial charge in [-0.1, -0.05) is 23.2 Å². The van der Waals surface area contributed by atoms with Crippen LogP contribution >= 0.6 is 23.2 Å². The lowest BCUT2D eigenvalue weighted by atomic mass is 10.2. The van der Waals surface area contributed by atoms with Gasteiger partial charge in [-0.2, -0.15) is 0 Å². The molecule has 0 unspecified atom stereocenters. The molecule has 0 radical (unpaired) electrons. The number of aryl methyl sites for hydroxylation is 2. The van der Waals surface area contributed by atoms with Crippen molar-refractivity contribution in [2.45, 2.75) is 19.8 Å². The maximum atomic E-state index is 13.2. The van der Waals surface area contributed by atoms with Gasteiger partial charge >= 0.3 is 0 Å². The van der Waals surface area contributed by atoms with Crippen molar-refractivity contribution in [2.24, 2.45) is 5.73 Å². The van der Waals surface area contributed by atoms with Gasteiger partial charge in [-0.05, 0) is 43.7 Å². The lowest BCUT2D eigenvalue weighted by Crippen LogP contribution is -2.25. The zero-order valence-corrected chi connectivity index (χ0v) is 15.1. The number of nitrogens with two attached hydrogens (primary N) is 2. The molecule has 0 atom stereocenters. The maximum Gasteiger partial charge on any atom is 0.267 e. The standard InChI is InChI=1S/C17H17Cl2N5O/c1-9-7-13(21)22-8-12(9)24-14(3-2-6-20)23-16-11(19)5-4-10(18)15(16)17(24)25/h4-5,7-8H,2-3,6,20H2,1H3,(H2,21,22). The lowest BCUT2D eigenvalue weighted by Gasteiger charge is -2.16. The van der Waals surface area contributed by atoms with E-state index in [1.54, 1.807) is 24.4 Å². The largest absolute Gasteiger partial charge is 0.384 e. The molecule has 4 N–H and O–H groups in total. The highest BCUT2D eigenvalue weighted by molar-refractivity contribution is 6.39. The first-order valence-corrected chi connectivity index (χ1v) is 8.52. The summed E-state index contributed by atoms with van der Waals surface area (Å²) in [6.07, 6.45) is 2.76. The zero-order valence-electron chi connectivity index (χ0n) is 13.6. The van der Waals surface area contributed by atoms with Gasteiger partial charge in [0, 0.05) is 6.42 Å². The molecule has 0 aliphatic heterocycles. The number of hydrogen-bond donors (Lipinski definition) is 2. The Labute approximate surface area is 154 Å². The van der Waals surface area contributed by atoms with Crippen molar-refractivity contribution >= 4 is 39.9 Å². The Morgan fingerprint density at radius 1 is 1.24 bits per heavy atom. The second-order valence-electron chi connectivity index (χ2n) is 5.71. The molecule has 130 valence electrons. The molecule has 0 amide bonds. The van der Waals surface area contributed by atoms with E-state index in [2.05, 4.69) is 9.97 Å². The summed E-state index contributed by atoms with van der Waals surface area (Å²) in [5.41, 5.74) is 12.9. The van der Waals surface area contributed by atoms with E-state index in [0.717, 1.165) is 5.56 Å². The number of pyridine rings is 1. The molecule has 2 aromatic heterocycles. The minimum atomic E-state index is -0.292. The van der Waals surface area contributed by atoms with Crippen LogP contribution in [0.2, 0.25) is 10.0 Å². The number of aromatic nitrogens is 3. The highest BCUT2D eigenvalue weighted by Crippen LogP contribution is 2.27. The number of nitrogen functional groups attached to an aromatic ring is 1. The van der Waals surface area contributed by atoms with Crippen molar-refractivity contribution < 1.29 is 0 Å². The Hall–Kier alpha value is -2.15. The van der Waals surface area contributed by atoms with Gasteiger partial charge in [0.05, 0.1) is 32.8 Å². The van der Waals surface area contributed by atoms with Crippen LogP contribution in [0.1, 0.15) is 17.8 Å². The Morgan fingerprint density at radius 3 is 2.64 bits per heavy atom. The van der Waals surface area contributed by atoms with E-state index in [0.29, 0.717) is 52.3 Å². The summed E-state index contributed by atoms with van der Waals surface area (Å²) in [6, 6.07) is 4.93. The van der Waals surface area contributed by atoms with Crippen molar-refractivity contribution in [3.8, 4) is 5.69 Å². The van der Waals surface area contributed by atoms with E-state index in [1.807, 2.05) is 6.92 Å². The number of anilines is 1. The highest BCUT2D eigenvalue weighted by atomic mass is 35.5. The first-order chi connectivity index (χ1) is 11.9. The van der Waals surface area contributed by atoms with Crippen LogP contribution in [0.4, 0.5) is 5.82 Å². The number of nitrogens with zero attached hydrogens (tertiary/aromatic N) is 3. The second-order valence-corrected chi connectivity index (χ2v) is 6.52. The molecule has 0 bridgehead atoms. The van der Waals surface area contributed by atoms with Gasteiger partial charge in [0.25, 0.3) is 5.56 Å². The molecule has 0 saturated heterocycles. The van der Waals surface area contributed by atoms with E-state index in [-0.39, 0.29) is 10.9 Å². The Bertz CT molecular complexity index is 1020. The van der Waals surface area contributed by atoms with Gasteiger partial charge in [0.15, 0.2) is 0 Å². The smallest absolute Gasteiger partial charge is 0.267 e. The fourth-order valence-electron chi connectivity index (χ4n) is 2.74. The Balaban J connectivity index is 2.41. The molecule has 0 spiro atoms. The quantitative estimate of drug-likeness (QED) is 0.727. The maximum absolute atomic E-state index is 13.2. The minimum absolute atomic E-state index is 0.280. The Kier molecular flexibility index (Phi) is 4.94. The fourth-order valence-corrected chi connectivity index (χ4v) is 3.18. The summed E-state index contributed by atoms with van der Waals surface area (Å²) in [6.45, 7) is 2.34. The van der Waals surface area contributed by atoms with Crippen molar-refractivity contribution in [2.75, 3.05) is 12.3 Å². The van der Waals surface area contributed by atoms with Crippen LogP contribution in [-0.4, -0.2) is 21.1 Å². The predicted molar refractivity (Wildman–Crippen MR) is 102 cm³/mol. The van der Waals surface area contributed by atoms with Crippen LogP contribution in [-0.2, 0) is 6.42 Å². The topological polar surface area (TPSA) is 99.8 Å². The summed E-state index contributed by atoms with van der Waals surface area (Å²) >= 11 is 12.5. The SMILES string of the molecule is Cc1cc(N)ncc1-n1c(CCCN)nc2c(Cl)ccc(Cl)c2c1=O. The molecule has 2 heterocycles. The number of halogens is 2. The summed E-state index contributed by atoms with van der Waals surface area (Å²) in [7, 11) is 0. The molecular formula is C17H17Cl2N5O. The fraction of sp³-hybridized carbons (Fsp3) is 0.235. The van der Waals surface area contributed by atoms with Gasteiger partial charge in [-0.25, -0.2) is 9.97 Å². The normalized spacial score (nSPS) is 11.2. The van der Waals surface area contributed by atoms with Crippen LogP contribution < -0.4 is 17.0 Å².